The maximum absolute atomic E-state index is 6.34. The van der Waals surface area contributed by atoms with Crippen LogP contribution in [-0.2, 0) is 19.5 Å². The van der Waals surface area contributed by atoms with Crippen molar-refractivity contribution in [3.63, 3.8) is 0 Å². The highest BCUT2D eigenvalue weighted by molar-refractivity contribution is 6.35. The molecule has 0 aliphatic heterocycles. The number of para-hydroxylation sites is 1. The van der Waals surface area contributed by atoms with Gasteiger partial charge in [0.25, 0.3) is 0 Å². The minimum Gasteiger partial charge on any atom is -0.327 e. The summed E-state index contributed by atoms with van der Waals surface area (Å²) in [6, 6.07) is 7.75. The van der Waals surface area contributed by atoms with Gasteiger partial charge in [0.15, 0.2) is 0 Å². The molecule has 6 heteroatoms. The number of rotatable bonds is 6. The van der Waals surface area contributed by atoms with Crippen LogP contribution >= 0.6 is 23.2 Å². The number of aryl methyl sites for hydroxylation is 3. The molecule has 0 amide bonds. The molecule has 4 nitrogen and oxygen atoms in total. The number of imidazole rings is 1. The van der Waals surface area contributed by atoms with Crippen molar-refractivity contribution in [2.75, 3.05) is 5.88 Å². The zero-order valence-electron chi connectivity index (χ0n) is 11.5. The number of nitrogens with zero attached hydrogens (tertiary/aromatic N) is 4. The van der Waals surface area contributed by atoms with E-state index in [1.54, 1.807) is 6.20 Å². The Morgan fingerprint density at radius 1 is 1.14 bits per heavy atom. The van der Waals surface area contributed by atoms with Crippen LogP contribution < -0.4 is 0 Å². The second kappa shape index (κ2) is 6.50. The molecule has 0 bridgehead atoms. The molecule has 21 heavy (non-hydrogen) atoms. The Kier molecular flexibility index (Phi) is 4.46. The standard InChI is InChI=1S/C15H16Cl2N4/c16-7-6-14-19-13-5-1-4-12(17)15(13)21(14)11-3-10-20-9-2-8-18-20/h1-2,4-5,8-9H,3,6-7,10-11H2. The lowest BCUT2D eigenvalue weighted by atomic mass is 10.3. The van der Waals surface area contributed by atoms with Crippen molar-refractivity contribution < 1.29 is 0 Å². The molecule has 0 aliphatic carbocycles. The summed E-state index contributed by atoms with van der Waals surface area (Å²) in [7, 11) is 0. The van der Waals surface area contributed by atoms with Gasteiger partial charge in [0.05, 0.1) is 16.1 Å². The molecule has 1 aromatic carbocycles. The summed E-state index contributed by atoms with van der Waals surface area (Å²) in [6.45, 7) is 1.73. The van der Waals surface area contributed by atoms with Gasteiger partial charge in [-0.25, -0.2) is 4.98 Å². The Morgan fingerprint density at radius 3 is 2.81 bits per heavy atom. The Hall–Kier alpha value is -1.52. The molecular formula is C15H16Cl2N4. The summed E-state index contributed by atoms with van der Waals surface area (Å²) in [6.07, 6.45) is 5.48. The molecule has 0 saturated heterocycles. The van der Waals surface area contributed by atoms with Gasteiger partial charge in [0.1, 0.15) is 5.82 Å². The van der Waals surface area contributed by atoms with Crippen molar-refractivity contribution in [1.29, 1.82) is 0 Å². The van der Waals surface area contributed by atoms with Crippen molar-refractivity contribution in [2.45, 2.75) is 25.9 Å². The van der Waals surface area contributed by atoms with E-state index in [1.165, 1.54) is 0 Å². The largest absolute Gasteiger partial charge is 0.327 e. The third kappa shape index (κ3) is 3.06. The first-order valence-corrected chi connectivity index (χ1v) is 7.88. The van der Waals surface area contributed by atoms with Gasteiger partial charge in [-0.2, -0.15) is 5.10 Å². The van der Waals surface area contributed by atoms with Crippen LogP contribution in [0, 0.1) is 0 Å². The van der Waals surface area contributed by atoms with E-state index in [1.807, 2.05) is 35.1 Å². The predicted octanol–water partition coefficient (Wildman–Crippen LogP) is 3.76. The van der Waals surface area contributed by atoms with E-state index in [9.17, 15) is 0 Å². The molecule has 0 radical (unpaired) electrons. The molecule has 0 spiro atoms. The monoisotopic (exact) mass is 322 g/mol. The topological polar surface area (TPSA) is 35.6 Å². The van der Waals surface area contributed by atoms with E-state index in [0.717, 1.165) is 47.8 Å². The minimum atomic E-state index is 0.556. The van der Waals surface area contributed by atoms with Gasteiger partial charge >= 0.3 is 0 Å². The molecular weight excluding hydrogens is 307 g/mol. The molecule has 0 saturated carbocycles. The maximum Gasteiger partial charge on any atom is 0.111 e. The van der Waals surface area contributed by atoms with E-state index in [4.69, 9.17) is 23.2 Å². The van der Waals surface area contributed by atoms with E-state index < -0.39 is 0 Å². The summed E-state index contributed by atoms with van der Waals surface area (Å²) in [5, 5.41) is 4.95. The highest BCUT2D eigenvalue weighted by Crippen LogP contribution is 2.25. The Balaban J connectivity index is 1.86. The Morgan fingerprint density at radius 2 is 2.05 bits per heavy atom. The lowest BCUT2D eigenvalue weighted by Crippen LogP contribution is -2.08. The van der Waals surface area contributed by atoms with Crippen LogP contribution in [0.2, 0.25) is 5.02 Å². The van der Waals surface area contributed by atoms with Crippen molar-refractivity contribution >= 4 is 34.2 Å². The maximum atomic E-state index is 6.34. The number of hydrogen-bond donors (Lipinski definition) is 0. The van der Waals surface area contributed by atoms with Gasteiger partial charge < -0.3 is 4.57 Å². The van der Waals surface area contributed by atoms with Gasteiger partial charge in [0.2, 0.25) is 0 Å². The Bertz CT molecular complexity index is 719. The Labute approximate surface area is 133 Å². The highest BCUT2D eigenvalue weighted by atomic mass is 35.5. The highest BCUT2D eigenvalue weighted by Gasteiger charge is 2.12. The van der Waals surface area contributed by atoms with Crippen LogP contribution in [0.3, 0.4) is 0 Å². The smallest absolute Gasteiger partial charge is 0.111 e. The molecule has 0 atom stereocenters. The summed E-state index contributed by atoms with van der Waals surface area (Å²) in [5.74, 6) is 1.55. The molecule has 110 valence electrons. The van der Waals surface area contributed by atoms with Crippen LogP contribution in [-0.4, -0.2) is 25.2 Å². The fourth-order valence-electron chi connectivity index (χ4n) is 2.53. The number of halogens is 2. The number of alkyl halides is 1. The average molecular weight is 323 g/mol. The van der Waals surface area contributed by atoms with E-state index in [0.29, 0.717) is 5.88 Å². The molecule has 0 fully saturated rings. The second-order valence-corrected chi connectivity index (χ2v) is 5.63. The number of aromatic nitrogens is 4. The van der Waals surface area contributed by atoms with Crippen LogP contribution in [0.25, 0.3) is 11.0 Å². The SMILES string of the molecule is ClCCc1nc2cccc(Cl)c2n1CCCn1cccn1. The number of hydrogen-bond acceptors (Lipinski definition) is 2. The fraction of sp³-hybridized carbons (Fsp3) is 0.333. The predicted molar refractivity (Wildman–Crippen MR) is 86.0 cm³/mol. The number of benzene rings is 1. The van der Waals surface area contributed by atoms with E-state index >= 15 is 0 Å². The van der Waals surface area contributed by atoms with Gasteiger partial charge in [-0.05, 0) is 24.6 Å². The quantitative estimate of drug-likeness (QED) is 0.648. The van der Waals surface area contributed by atoms with Gasteiger partial charge in [-0.3, -0.25) is 4.68 Å². The fourth-order valence-corrected chi connectivity index (χ4v) is 2.97. The molecule has 2 heterocycles. The van der Waals surface area contributed by atoms with Gasteiger partial charge in [0, 0.05) is 37.8 Å². The van der Waals surface area contributed by atoms with Crippen molar-refractivity contribution in [1.82, 2.24) is 19.3 Å². The van der Waals surface area contributed by atoms with Crippen molar-refractivity contribution in [3.8, 4) is 0 Å². The first-order chi connectivity index (χ1) is 10.3. The third-order valence-corrected chi connectivity index (χ3v) is 3.94. The molecule has 0 aliphatic rings. The third-order valence-electron chi connectivity index (χ3n) is 3.44. The van der Waals surface area contributed by atoms with Crippen LogP contribution in [0.5, 0.6) is 0 Å². The summed E-state index contributed by atoms with van der Waals surface area (Å²) in [5.41, 5.74) is 1.93. The normalized spacial score (nSPS) is 11.3. The van der Waals surface area contributed by atoms with E-state index in [2.05, 4.69) is 14.6 Å². The zero-order chi connectivity index (χ0) is 14.7. The van der Waals surface area contributed by atoms with Crippen LogP contribution in [0.1, 0.15) is 12.2 Å². The van der Waals surface area contributed by atoms with Crippen LogP contribution in [0.15, 0.2) is 36.7 Å². The van der Waals surface area contributed by atoms with E-state index in [-0.39, 0.29) is 0 Å². The molecule has 3 aromatic rings. The lowest BCUT2D eigenvalue weighted by molar-refractivity contribution is 0.524. The zero-order valence-corrected chi connectivity index (χ0v) is 13.1. The second-order valence-electron chi connectivity index (χ2n) is 4.85. The molecule has 2 aromatic heterocycles. The van der Waals surface area contributed by atoms with Gasteiger partial charge in [-0.1, -0.05) is 17.7 Å². The lowest BCUT2D eigenvalue weighted by Gasteiger charge is -2.09. The van der Waals surface area contributed by atoms with Gasteiger partial charge in [-0.15, -0.1) is 11.6 Å². The van der Waals surface area contributed by atoms with Crippen molar-refractivity contribution in [3.05, 3.63) is 47.5 Å². The minimum absolute atomic E-state index is 0.556. The molecule has 3 rings (SSSR count). The van der Waals surface area contributed by atoms with Crippen molar-refractivity contribution in [2.24, 2.45) is 0 Å². The number of fused-ring (bicyclic) bond motifs is 1. The summed E-state index contributed by atoms with van der Waals surface area (Å²) >= 11 is 12.2. The first-order valence-electron chi connectivity index (χ1n) is 6.96. The first kappa shape index (κ1) is 14.4. The summed E-state index contributed by atoms with van der Waals surface area (Å²) < 4.78 is 4.12. The van der Waals surface area contributed by atoms with Crippen LogP contribution in [0.4, 0.5) is 0 Å². The average Bonchev–Trinajstić information content (AvgIpc) is 3.09. The summed E-state index contributed by atoms with van der Waals surface area (Å²) in [4.78, 5) is 4.65. The molecule has 0 unspecified atom stereocenters. The molecule has 0 N–H and O–H groups in total.